The smallest absolute Gasteiger partial charge is 0.354 e. The maximum Gasteiger partial charge on any atom is 0.534 e. The number of hydrogen-bond donors (Lipinski definition) is 0. The summed E-state index contributed by atoms with van der Waals surface area (Å²) in [6.07, 6.45) is 0.786. The number of rotatable bonds is 16. The lowest BCUT2D eigenvalue weighted by atomic mass is 10.5. The summed E-state index contributed by atoms with van der Waals surface area (Å²) in [7, 11) is -3.24. The van der Waals surface area contributed by atoms with Gasteiger partial charge in [-0.1, -0.05) is 27.4 Å². The molecular formula is C17H36O6Si. The summed E-state index contributed by atoms with van der Waals surface area (Å²) in [5.74, 6) is 0. The molecule has 0 aliphatic heterocycles. The molecule has 3 atom stereocenters. The fourth-order valence-electron chi connectivity index (χ4n) is 2.04. The molecule has 0 amide bonds. The minimum absolute atomic E-state index is 0.419. The molecule has 0 fully saturated rings. The molecule has 0 bridgehead atoms. The van der Waals surface area contributed by atoms with Crippen molar-refractivity contribution in [1.82, 2.24) is 0 Å². The van der Waals surface area contributed by atoms with Gasteiger partial charge in [-0.15, -0.1) is 0 Å². The van der Waals surface area contributed by atoms with Crippen molar-refractivity contribution in [3.05, 3.63) is 12.3 Å². The van der Waals surface area contributed by atoms with Gasteiger partial charge in [-0.25, -0.2) is 0 Å². The molecule has 0 aliphatic carbocycles. The van der Waals surface area contributed by atoms with Crippen LogP contribution in [0.1, 0.15) is 60.8 Å². The molecule has 144 valence electrons. The van der Waals surface area contributed by atoms with Gasteiger partial charge in [0, 0.05) is 19.8 Å². The van der Waals surface area contributed by atoms with Gasteiger partial charge in [0.2, 0.25) is 0 Å². The van der Waals surface area contributed by atoms with Crippen LogP contribution < -0.4 is 0 Å². The van der Waals surface area contributed by atoms with Gasteiger partial charge in [0.05, 0.1) is 0 Å². The third-order valence-corrected chi connectivity index (χ3v) is 5.47. The van der Waals surface area contributed by atoms with E-state index in [9.17, 15) is 0 Å². The lowest BCUT2D eigenvalue weighted by Gasteiger charge is -2.35. The van der Waals surface area contributed by atoms with E-state index in [4.69, 9.17) is 27.5 Å². The second kappa shape index (κ2) is 13.9. The Bertz CT molecular complexity index is 275. The summed E-state index contributed by atoms with van der Waals surface area (Å²) < 4.78 is 35.3. The van der Waals surface area contributed by atoms with E-state index in [1.54, 1.807) is 5.70 Å². The summed E-state index contributed by atoms with van der Waals surface area (Å²) in [5, 5.41) is 0. The molecule has 0 saturated carbocycles. The van der Waals surface area contributed by atoms with Crippen molar-refractivity contribution in [2.75, 3.05) is 19.8 Å². The lowest BCUT2D eigenvalue weighted by Crippen LogP contribution is -2.52. The first-order valence-electron chi connectivity index (χ1n) is 9.06. The summed E-state index contributed by atoms with van der Waals surface area (Å²) in [5.41, 5.74) is 1.62. The summed E-state index contributed by atoms with van der Waals surface area (Å²) in [4.78, 5) is 0. The first-order valence-corrected chi connectivity index (χ1v) is 10.9. The maximum absolute atomic E-state index is 6.13. The van der Waals surface area contributed by atoms with Gasteiger partial charge in [-0.2, -0.15) is 0 Å². The van der Waals surface area contributed by atoms with Gasteiger partial charge in [0.1, 0.15) is 0 Å². The zero-order valence-corrected chi connectivity index (χ0v) is 17.2. The van der Waals surface area contributed by atoms with Crippen molar-refractivity contribution in [3.8, 4) is 0 Å². The maximum atomic E-state index is 6.13. The molecule has 3 unspecified atom stereocenters. The molecule has 0 saturated heterocycles. The first-order chi connectivity index (χ1) is 11.5. The Balaban J connectivity index is 5.34. The third kappa shape index (κ3) is 8.71. The largest absolute Gasteiger partial charge is 0.534 e. The Labute approximate surface area is 148 Å². The van der Waals surface area contributed by atoms with E-state index in [0.717, 1.165) is 0 Å². The second-order valence-electron chi connectivity index (χ2n) is 5.04. The quantitative estimate of drug-likeness (QED) is 0.305. The first kappa shape index (κ1) is 23.7. The minimum Gasteiger partial charge on any atom is -0.354 e. The fraction of sp³-hybridized carbons (Fsp3) is 0.882. The second-order valence-corrected chi connectivity index (χ2v) is 7.36. The highest BCUT2D eigenvalue weighted by Crippen LogP contribution is 2.23. The SMILES string of the molecule is C=C[Si](OC(CC)OCC)(OC(CC)OCC)OC(CC)OCC. The van der Waals surface area contributed by atoms with E-state index in [1.165, 1.54) is 0 Å². The van der Waals surface area contributed by atoms with Crippen molar-refractivity contribution in [2.24, 2.45) is 0 Å². The minimum atomic E-state index is -3.24. The van der Waals surface area contributed by atoms with Crippen molar-refractivity contribution in [3.63, 3.8) is 0 Å². The highest BCUT2D eigenvalue weighted by atomic mass is 28.4. The van der Waals surface area contributed by atoms with Crippen LogP contribution in [0.4, 0.5) is 0 Å². The average Bonchev–Trinajstić information content (AvgIpc) is 2.60. The number of ether oxygens (including phenoxy) is 3. The molecule has 0 spiro atoms. The zero-order chi connectivity index (χ0) is 18.4. The molecule has 0 rings (SSSR count). The topological polar surface area (TPSA) is 55.4 Å². The van der Waals surface area contributed by atoms with Crippen LogP contribution in [0, 0.1) is 0 Å². The summed E-state index contributed by atoms with van der Waals surface area (Å²) >= 11 is 0. The van der Waals surface area contributed by atoms with Crippen LogP contribution in [-0.4, -0.2) is 47.5 Å². The normalized spacial score (nSPS) is 17.9. The number of hydrogen-bond acceptors (Lipinski definition) is 6. The zero-order valence-electron chi connectivity index (χ0n) is 16.2. The molecule has 0 N–H and O–H groups in total. The van der Waals surface area contributed by atoms with Gasteiger partial charge in [-0.3, -0.25) is 0 Å². The molecular weight excluding hydrogens is 328 g/mol. The molecule has 0 aromatic carbocycles. The molecule has 7 heteroatoms. The van der Waals surface area contributed by atoms with Crippen molar-refractivity contribution < 1.29 is 27.5 Å². The van der Waals surface area contributed by atoms with Crippen molar-refractivity contribution in [1.29, 1.82) is 0 Å². The Morgan fingerprint density at radius 1 is 0.667 bits per heavy atom. The van der Waals surface area contributed by atoms with Gasteiger partial charge in [-0.05, 0) is 45.7 Å². The standard InChI is InChI=1S/C17H36O6Si/c1-8-15(18-11-4)21-24(14-7,22-16(9-2)19-12-5)23-17(10-3)20-13-6/h14-17H,7-13H2,1-6H3. The predicted octanol–water partition coefficient (Wildman–Crippen LogP) is 4.02. The Kier molecular flexibility index (Phi) is 13.8. The molecule has 24 heavy (non-hydrogen) atoms. The van der Waals surface area contributed by atoms with Crippen molar-refractivity contribution in [2.45, 2.75) is 79.7 Å². The summed E-state index contributed by atoms with van der Waals surface area (Å²) in [6, 6.07) is 0. The molecule has 0 aromatic rings. The highest BCUT2D eigenvalue weighted by molar-refractivity contribution is 6.66. The molecule has 0 aliphatic rings. The van der Waals surface area contributed by atoms with E-state index in [1.807, 2.05) is 41.5 Å². The average molecular weight is 365 g/mol. The van der Waals surface area contributed by atoms with Crippen LogP contribution in [0.2, 0.25) is 0 Å². The van der Waals surface area contributed by atoms with Gasteiger partial charge >= 0.3 is 8.80 Å². The van der Waals surface area contributed by atoms with Crippen LogP contribution in [0.5, 0.6) is 0 Å². The lowest BCUT2D eigenvalue weighted by molar-refractivity contribution is -0.184. The third-order valence-electron chi connectivity index (χ3n) is 3.19. The van der Waals surface area contributed by atoms with Crippen LogP contribution in [0.3, 0.4) is 0 Å². The van der Waals surface area contributed by atoms with Crippen molar-refractivity contribution >= 4 is 8.80 Å². The Morgan fingerprint density at radius 2 is 0.958 bits per heavy atom. The van der Waals surface area contributed by atoms with Gasteiger partial charge < -0.3 is 27.5 Å². The molecule has 0 heterocycles. The van der Waals surface area contributed by atoms with E-state index in [0.29, 0.717) is 39.1 Å². The predicted molar refractivity (Wildman–Crippen MR) is 96.3 cm³/mol. The van der Waals surface area contributed by atoms with Crippen LogP contribution >= 0.6 is 0 Å². The Hall–Kier alpha value is -0.283. The molecule has 6 nitrogen and oxygen atoms in total. The van der Waals surface area contributed by atoms with Crippen LogP contribution in [0.25, 0.3) is 0 Å². The Morgan fingerprint density at radius 3 is 1.12 bits per heavy atom. The van der Waals surface area contributed by atoms with Gasteiger partial charge in [0.25, 0.3) is 0 Å². The van der Waals surface area contributed by atoms with E-state index >= 15 is 0 Å². The highest BCUT2D eigenvalue weighted by Gasteiger charge is 2.45. The van der Waals surface area contributed by atoms with Crippen LogP contribution in [-0.2, 0) is 27.5 Å². The van der Waals surface area contributed by atoms with Gasteiger partial charge in [0.15, 0.2) is 18.9 Å². The fourth-order valence-corrected chi connectivity index (χ4v) is 4.30. The monoisotopic (exact) mass is 364 g/mol. The van der Waals surface area contributed by atoms with Crippen LogP contribution in [0.15, 0.2) is 12.3 Å². The molecule has 0 aromatic heterocycles. The summed E-state index contributed by atoms with van der Waals surface area (Å²) in [6.45, 7) is 17.3. The van der Waals surface area contributed by atoms with E-state index in [2.05, 4.69) is 6.58 Å². The molecule has 0 radical (unpaired) electrons. The van der Waals surface area contributed by atoms with E-state index < -0.39 is 27.7 Å². The van der Waals surface area contributed by atoms with E-state index in [-0.39, 0.29) is 0 Å².